The Kier molecular flexibility index (Phi) is 3.92. The molecule has 0 aromatic heterocycles. The van der Waals surface area contributed by atoms with Gasteiger partial charge in [0.25, 0.3) is 0 Å². The van der Waals surface area contributed by atoms with E-state index in [0.717, 1.165) is 20.8 Å². The number of benzene rings is 2. The summed E-state index contributed by atoms with van der Waals surface area (Å²) in [6, 6.07) is 13.0. The Morgan fingerprint density at radius 3 is 2.53 bits per heavy atom. The first kappa shape index (κ1) is 12.3. The SMILES string of the molecule is Nc1ccc(Br)c(OCc2ccc(Cl)cc2)c1. The van der Waals surface area contributed by atoms with Gasteiger partial charge >= 0.3 is 0 Å². The van der Waals surface area contributed by atoms with Gasteiger partial charge in [-0.1, -0.05) is 23.7 Å². The number of hydrogen-bond acceptors (Lipinski definition) is 2. The molecule has 0 radical (unpaired) electrons. The molecular formula is C13H11BrClNO. The number of anilines is 1. The summed E-state index contributed by atoms with van der Waals surface area (Å²) in [5.74, 6) is 0.736. The fraction of sp³-hybridized carbons (Fsp3) is 0.0769. The van der Waals surface area contributed by atoms with Crippen LogP contribution in [-0.2, 0) is 6.61 Å². The van der Waals surface area contributed by atoms with E-state index in [1.54, 1.807) is 6.07 Å². The Hall–Kier alpha value is -1.19. The molecule has 0 fully saturated rings. The predicted octanol–water partition coefficient (Wildman–Crippen LogP) is 4.26. The summed E-state index contributed by atoms with van der Waals surface area (Å²) in [5, 5.41) is 0.721. The largest absolute Gasteiger partial charge is 0.488 e. The van der Waals surface area contributed by atoms with Crippen LogP contribution in [0.4, 0.5) is 5.69 Å². The third kappa shape index (κ3) is 3.38. The van der Waals surface area contributed by atoms with Crippen molar-refractivity contribution in [3.8, 4) is 5.75 Å². The molecule has 0 atom stereocenters. The van der Waals surface area contributed by atoms with E-state index in [1.165, 1.54) is 0 Å². The van der Waals surface area contributed by atoms with E-state index in [1.807, 2.05) is 36.4 Å². The summed E-state index contributed by atoms with van der Waals surface area (Å²) in [4.78, 5) is 0. The van der Waals surface area contributed by atoms with Crippen LogP contribution >= 0.6 is 27.5 Å². The summed E-state index contributed by atoms with van der Waals surface area (Å²) in [7, 11) is 0. The van der Waals surface area contributed by atoms with Gasteiger partial charge < -0.3 is 10.5 Å². The summed E-state index contributed by atoms with van der Waals surface area (Å²) >= 11 is 9.22. The number of rotatable bonds is 3. The van der Waals surface area contributed by atoms with Crippen molar-refractivity contribution in [1.29, 1.82) is 0 Å². The van der Waals surface area contributed by atoms with E-state index in [9.17, 15) is 0 Å². The molecule has 0 bridgehead atoms. The second kappa shape index (κ2) is 5.43. The minimum absolute atomic E-state index is 0.485. The molecule has 0 aliphatic heterocycles. The van der Waals surface area contributed by atoms with Crippen LogP contribution in [0, 0.1) is 0 Å². The number of halogens is 2. The maximum absolute atomic E-state index is 5.81. The first-order valence-electron chi connectivity index (χ1n) is 5.07. The van der Waals surface area contributed by atoms with Crippen molar-refractivity contribution in [3.05, 3.63) is 57.5 Å². The topological polar surface area (TPSA) is 35.2 Å². The zero-order valence-corrected chi connectivity index (χ0v) is 11.3. The summed E-state index contributed by atoms with van der Waals surface area (Å²) in [6.45, 7) is 0.485. The van der Waals surface area contributed by atoms with Crippen molar-refractivity contribution in [2.45, 2.75) is 6.61 Å². The van der Waals surface area contributed by atoms with Gasteiger partial charge in [-0.05, 0) is 45.8 Å². The fourth-order valence-corrected chi connectivity index (χ4v) is 1.86. The molecule has 0 heterocycles. The van der Waals surface area contributed by atoms with Crippen LogP contribution in [0.5, 0.6) is 5.75 Å². The van der Waals surface area contributed by atoms with Crippen molar-refractivity contribution in [2.24, 2.45) is 0 Å². The molecule has 0 amide bonds. The van der Waals surface area contributed by atoms with Crippen molar-refractivity contribution in [1.82, 2.24) is 0 Å². The Morgan fingerprint density at radius 2 is 1.82 bits per heavy atom. The van der Waals surface area contributed by atoms with Crippen LogP contribution in [-0.4, -0.2) is 0 Å². The third-order valence-electron chi connectivity index (χ3n) is 2.26. The summed E-state index contributed by atoms with van der Waals surface area (Å²) in [6.07, 6.45) is 0. The van der Waals surface area contributed by atoms with Gasteiger partial charge in [-0.15, -0.1) is 0 Å². The Labute approximate surface area is 113 Å². The number of ether oxygens (including phenoxy) is 1. The van der Waals surface area contributed by atoms with E-state index < -0.39 is 0 Å². The highest BCUT2D eigenvalue weighted by Gasteiger charge is 2.02. The third-order valence-corrected chi connectivity index (χ3v) is 3.17. The van der Waals surface area contributed by atoms with Crippen LogP contribution < -0.4 is 10.5 Å². The lowest BCUT2D eigenvalue weighted by Gasteiger charge is -2.09. The normalized spacial score (nSPS) is 10.2. The van der Waals surface area contributed by atoms with Gasteiger partial charge in [-0.2, -0.15) is 0 Å². The highest BCUT2D eigenvalue weighted by molar-refractivity contribution is 9.10. The van der Waals surface area contributed by atoms with Crippen LogP contribution in [0.3, 0.4) is 0 Å². The Bertz CT molecular complexity index is 513. The van der Waals surface area contributed by atoms with Crippen LogP contribution in [0.15, 0.2) is 46.9 Å². The quantitative estimate of drug-likeness (QED) is 0.859. The zero-order chi connectivity index (χ0) is 12.3. The van der Waals surface area contributed by atoms with Gasteiger partial charge in [0.15, 0.2) is 0 Å². The molecule has 2 N–H and O–H groups in total. The van der Waals surface area contributed by atoms with E-state index in [0.29, 0.717) is 12.3 Å². The van der Waals surface area contributed by atoms with Gasteiger partial charge in [-0.3, -0.25) is 0 Å². The van der Waals surface area contributed by atoms with Gasteiger partial charge in [0.2, 0.25) is 0 Å². The highest BCUT2D eigenvalue weighted by Crippen LogP contribution is 2.27. The van der Waals surface area contributed by atoms with Gasteiger partial charge in [-0.25, -0.2) is 0 Å². The van der Waals surface area contributed by atoms with Crippen LogP contribution in [0.25, 0.3) is 0 Å². The average Bonchev–Trinajstić information content (AvgIpc) is 2.32. The molecule has 0 aliphatic rings. The molecular weight excluding hydrogens is 302 g/mol. The predicted molar refractivity (Wildman–Crippen MR) is 74.3 cm³/mol. The second-order valence-corrected chi connectivity index (χ2v) is 4.90. The van der Waals surface area contributed by atoms with Gasteiger partial charge in [0.05, 0.1) is 4.47 Å². The lowest BCUT2D eigenvalue weighted by Crippen LogP contribution is -1.96. The summed E-state index contributed by atoms with van der Waals surface area (Å²) < 4.78 is 6.56. The molecule has 0 saturated heterocycles. The smallest absolute Gasteiger partial charge is 0.136 e. The molecule has 4 heteroatoms. The van der Waals surface area contributed by atoms with E-state index in [2.05, 4.69) is 15.9 Å². The Balaban J connectivity index is 2.07. The van der Waals surface area contributed by atoms with E-state index in [4.69, 9.17) is 22.1 Å². The van der Waals surface area contributed by atoms with Crippen molar-refractivity contribution >= 4 is 33.2 Å². The lowest BCUT2D eigenvalue weighted by molar-refractivity contribution is 0.304. The Morgan fingerprint density at radius 1 is 1.12 bits per heavy atom. The molecule has 2 nitrogen and oxygen atoms in total. The molecule has 0 aliphatic carbocycles. The minimum atomic E-state index is 0.485. The van der Waals surface area contributed by atoms with Crippen molar-refractivity contribution in [2.75, 3.05) is 5.73 Å². The highest BCUT2D eigenvalue weighted by atomic mass is 79.9. The first-order chi connectivity index (χ1) is 8.15. The van der Waals surface area contributed by atoms with Gasteiger partial charge in [0.1, 0.15) is 12.4 Å². The van der Waals surface area contributed by atoms with Crippen molar-refractivity contribution in [3.63, 3.8) is 0 Å². The number of nitrogen functional groups attached to an aromatic ring is 1. The molecule has 17 heavy (non-hydrogen) atoms. The zero-order valence-electron chi connectivity index (χ0n) is 8.99. The fourth-order valence-electron chi connectivity index (χ4n) is 1.37. The monoisotopic (exact) mass is 311 g/mol. The molecule has 2 rings (SSSR count). The van der Waals surface area contributed by atoms with Gasteiger partial charge in [0, 0.05) is 16.8 Å². The summed E-state index contributed by atoms with van der Waals surface area (Å²) in [5.41, 5.74) is 7.44. The number of hydrogen-bond donors (Lipinski definition) is 1. The van der Waals surface area contributed by atoms with E-state index >= 15 is 0 Å². The standard InChI is InChI=1S/C13H11BrClNO/c14-12-6-5-11(16)7-13(12)17-8-9-1-3-10(15)4-2-9/h1-7H,8,16H2. The van der Waals surface area contributed by atoms with Crippen LogP contribution in [0.1, 0.15) is 5.56 Å². The second-order valence-electron chi connectivity index (χ2n) is 3.61. The number of nitrogens with two attached hydrogens (primary N) is 1. The average molecular weight is 313 g/mol. The maximum Gasteiger partial charge on any atom is 0.136 e. The molecule has 2 aromatic carbocycles. The maximum atomic E-state index is 5.81. The molecule has 2 aromatic rings. The first-order valence-corrected chi connectivity index (χ1v) is 6.24. The minimum Gasteiger partial charge on any atom is -0.488 e. The lowest BCUT2D eigenvalue weighted by atomic mass is 10.2. The van der Waals surface area contributed by atoms with Crippen molar-refractivity contribution < 1.29 is 4.74 Å². The molecule has 0 unspecified atom stereocenters. The molecule has 0 saturated carbocycles. The molecule has 0 spiro atoms. The molecule has 88 valence electrons. The van der Waals surface area contributed by atoms with Crippen LogP contribution in [0.2, 0.25) is 5.02 Å². The van der Waals surface area contributed by atoms with E-state index in [-0.39, 0.29) is 0 Å².